The van der Waals surface area contributed by atoms with Crippen molar-refractivity contribution >= 4 is 34.4 Å². The molecule has 3 nitrogen and oxygen atoms in total. The molecule has 0 saturated heterocycles. The van der Waals surface area contributed by atoms with Crippen LogP contribution in [0.4, 0.5) is 0 Å². The largest absolute Gasteiger partial charge is 0.293 e. The molecule has 3 aromatic heterocycles. The highest BCUT2D eigenvalue weighted by Gasteiger charge is 2.19. The van der Waals surface area contributed by atoms with E-state index in [0.717, 1.165) is 31.2 Å². The lowest BCUT2D eigenvalue weighted by atomic mass is 10.1. The fourth-order valence-corrected chi connectivity index (χ4v) is 5.07. The van der Waals surface area contributed by atoms with E-state index in [-0.39, 0.29) is 0 Å². The van der Waals surface area contributed by atoms with Crippen molar-refractivity contribution in [3.8, 4) is 9.75 Å². The fourth-order valence-electron chi connectivity index (χ4n) is 2.82. The molecule has 0 radical (unpaired) electrons. The van der Waals surface area contributed by atoms with Crippen LogP contribution in [0.15, 0.2) is 41.0 Å². The van der Waals surface area contributed by atoms with Crippen molar-refractivity contribution < 1.29 is 0 Å². The maximum absolute atomic E-state index is 4.64. The van der Waals surface area contributed by atoms with Gasteiger partial charge in [0.2, 0.25) is 0 Å². The second-order valence-electron chi connectivity index (χ2n) is 5.53. The molecule has 0 fully saturated rings. The zero-order valence-corrected chi connectivity index (χ0v) is 15.3. The van der Waals surface area contributed by atoms with Crippen molar-refractivity contribution in [1.29, 1.82) is 0 Å². The molecule has 1 aliphatic heterocycles. The summed E-state index contributed by atoms with van der Waals surface area (Å²) in [7, 11) is 0. The van der Waals surface area contributed by atoms with Crippen molar-refractivity contribution in [1.82, 2.24) is 14.9 Å². The minimum atomic E-state index is 0.885. The van der Waals surface area contributed by atoms with Crippen LogP contribution in [0.3, 0.4) is 0 Å². The average molecular weight is 360 g/mol. The Bertz CT molecular complexity index is 795. The zero-order valence-electron chi connectivity index (χ0n) is 12.9. The van der Waals surface area contributed by atoms with Gasteiger partial charge in [0.1, 0.15) is 0 Å². The quantitative estimate of drug-likeness (QED) is 0.505. The summed E-state index contributed by atoms with van der Waals surface area (Å²) in [5, 5.41) is 3.02. The number of hydrogen-bond acceptors (Lipinski definition) is 6. The molecule has 118 valence electrons. The number of rotatable bonds is 4. The number of nitrogens with zero attached hydrogens (tertiary/aromatic N) is 3. The van der Waals surface area contributed by atoms with Gasteiger partial charge in [0.15, 0.2) is 5.16 Å². The van der Waals surface area contributed by atoms with Crippen LogP contribution in [-0.2, 0) is 19.5 Å². The van der Waals surface area contributed by atoms with Crippen LogP contribution in [0.1, 0.15) is 16.1 Å². The van der Waals surface area contributed by atoms with Gasteiger partial charge in [-0.2, -0.15) is 0 Å². The molecule has 6 heteroatoms. The summed E-state index contributed by atoms with van der Waals surface area (Å²) < 4.78 is 0. The Labute approximate surface area is 148 Å². The summed E-state index contributed by atoms with van der Waals surface area (Å²) in [6.07, 6.45) is 5.05. The van der Waals surface area contributed by atoms with E-state index in [1.807, 2.05) is 35.1 Å². The van der Waals surface area contributed by atoms with Gasteiger partial charge in [0, 0.05) is 52.4 Å². The highest BCUT2D eigenvalue weighted by Crippen LogP contribution is 2.32. The Kier molecular flexibility index (Phi) is 4.48. The third-order valence-corrected chi connectivity index (χ3v) is 6.68. The summed E-state index contributed by atoms with van der Waals surface area (Å²) in [5.41, 5.74) is 2.51. The Hall–Kier alpha value is -1.21. The minimum Gasteiger partial charge on any atom is -0.293 e. The number of aromatic nitrogens is 2. The predicted octanol–water partition coefficient (Wildman–Crippen LogP) is 4.55. The Balaban J connectivity index is 1.46. The monoisotopic (exact) mass is 359 g/mol. The van der Waals surface area contributed by atoms with Gasteiger partial charge >= 0.3 is 0 Å². The number of hydrogen-bond donors (Lipinski definition) is 0. The molecular weight excluding hydrogens is 342 g/mol. The van der Waals surface area contributed by atoms with Crippen molar-refractivity contribution in [3.63, 3.8) is 0 Å². The number of thiophene rings is 2. The molecule has 4 heterocycles. The van der Waals surface area contributed by atoms with Gasteiger partial charge in [0.05, 0.1) is 5.69 Å². The summed E-state index contributed by atoms with van der Waals surface area (Å²) in [6, 6.07) is 8.82. The molecule has 0 bridgehead atoms. The van der Waals surface area contributed by atoms with Crippen LogP contribution in [0.2, 0.25) is 0 Å². The maximum Gasteiger partial charge on any atom is 0.187 e. The van der Waals surface area contributed by atoms with Crippen molar-refractivity contribution in [2.75, 3.05) is 12.8 Å². The SMILES string of the molecule is CSc1ncc2c(n1)CCN(Cc1ccc(-c3cccs3)s1)C2. The van der Waals surface area contributed by atoms with E-state index in [1.54, 1.807) is 11.8 Å². The molecule has 3 aromatic rings. The first-order valence-corrected chi connectivity index (χ1v) is 10.5. The highest BCUT2D eigenvalue weighted by atomic mass is 32.2. The van der Waals surface area contributed by atoms with Gasteiger partial charge in [-0.25, -0.2) is 9.97 Å². The predicted molar refractivity (Wildman–Crippen MR) is 99.3 cm³/mol. The molecule has 23 heavy (non-hydrogen) atoms. The Morgan fingerprint density at radius 1 is 1.26 bits per heavy atom. The van der Waals surface area contributed by atoms with Crippen LogP contribution in [-0.4, -0.2) is 27.7 Å². The maximum atomic E-state index is 4.64. The molecule has 0 N–H and O–H groups in total. The van der Waals surface area contributed by atoms with E-state index < -0.39 is 0 Å². The second-order valence-corrected chi connectivity index (χ2v) is 8.42. The van der Waals surface area contributed by atoms with Gasteiger partial charge in [-0.05, 0) is 29.8 Å². The van der Waals surface area contributed by atoms with Crippen molar-refractivity contribution in [3.05, 3.63) is 52.0 Å². The fraction of sp³-hybridized carbons (Fsp3) is 0.294. The molecule has 0 atom stereocenters. The van der Waals surface area contributed by atoms with Crippen LogP contribution >= 0.6 is 34.4 Å². The van der Waals surface area contributed by atoms with Crippen LogP contribution < -0.4 is 0 Å². The third-order valence-electron chi connectivity index (χ3n) is 3.98. The second kappa shape index (κ2) is 6.73. The van der Waals surface area contributed by atoms with Crippen molar-refractivity contribution in [2.45, 2.75) is 24.7 Å². The first-order valence-electron chi connectivity index (χ1n) is 7.55. The van der Waals surface area contributed by atoms with E-state index >= 15 is 0 Å². The lowest BCUT2D eigenvalue weighted by molar-refractivity contribution is 0.244. The lowest BCUT2D eigenvalue weighted by Crippen LogP contribution is -2.30. The minimum absolute atomic E-state index is 0.885. The van der Waals surface area contributed by atoms with Crippen LogP contribution in [0.25, 0.3) is 9.75 Å². The van der Waals surface area contributed by atoms with Gasteiger partial charge in [-0.15, -0.1) is 22.7 Å². The normalized spacial score (nSPS) is 14.8. The van der Waals surface area contributed by atoms with E-state index in [1.165, 1.54) is 25.9 Å². The first kappa shape index (κ1) is 15.3. The molecule has 0 amide bonds. The lowest BCUT2D eigenvalue weighted by Gasteiger charge is -2.27. The molecule has 4 rings (SSSR count). The zero-order chi connectivity index (χ0) is 15.6. The third kappa shape index (κ3) is 3.35. The molecule has 0 aromatic carbocycles. The topological polar surface area (TPSA) is 29.0 Å². The standard InChI is InChI=1S/C17H17N3S3/c1-21-17-18-9-12-10-20(7-6-14(12)19-17)11-13-4-5-16(23-13)15-3-2-8-22-15/h2-5,8-9H,6-7,10-11H2,1H3. The summed E-state index contributed by atoms with van der Waals surface area (Å²) in [4.78, 5) is 15.7. The summed E-state index contributed by atoms with van der Waals surface area (Å²) in [6.45, 7) is 3.04. The summed E-state index contributed by atoms with van der Waals surface area (Å²) in [5.74, 6) is 0. The molecule has 0 unspecified atom stereocenters. The van der Waals surface area contributed by atoms with Crippen molar-refractivity contribution in [2.24, 2.45) is 0 Å². The summed E-state index contributed by atoms with van der Waals surface area (Å²) >= 11 is 5.33. The molecule has 0 spiro atoms. The van der Waals surface area contributed by atoms with Crippen LogP contribution in [0.5, 0.6) is 0 Å². The van der Waals surface area contributed by atoms with Crippen LogP contribution in [0, 0.1) is 0 Å². The molecule has 0 aliphatic carbocycles. The average Bonchev–Trinajstić information content (AvgIpc) is 3.25. The van der Waals surface area contributed by atoms with E-state index in [9.17, 15) is 0 Å². The molecular formula is C17H17N3S3. The Morgan fingerprint density at radius 2 is 2.22 bits per heavy atom. The van der Waals surface area contributed by atoms with Gasteiger partial charge in [-0.3, -0.25) is 4.90 Å². The van der Waals surface area contributed by atoms with E-state index in [4.69, 9.17) is 0 Å². The van der Waals surface area contributed by atoms with E-state index in [0.29, 0.717) is 0 Å². The first-order chi connectivity index (χ1) is 11.3. The molecule has 1 aliphatic rings. The van der Waals surface area contributed by atoms with Gasteiger partial charge < -0.3 is 0 Å². The van der Waals surface area contributed by atoms with Gasteiger partial charge in [0.25, 0.3) is 0 Å². The number of fused-ring (bicyclic) bond motifs is 1. The van der Waals surface area contributed by atoms with Gasteiger partial charge in [-0.1, -0.05) is 17.8 Å². The molecule has 0 saturated carbocycles. The highest BCUT2D eigenvalue weighted by molar-refractivity contribution is 7.98. The Morgan fingerprint density at radius 3 is 3.04 bits per heavy atom. The number of thioether (sulfide) groups is 1. The smallest absolute Gasteiger partial charge is 0.187 e. The van der Waals surface area contributed by atoms with E-state index in [2.05, 4.69) is 44.5 Å².